The summed E-state index contributed by atoms with van der Waals surface area (Å²) in [6.45, 7) is 6.53. The van der Waals surface area contributed by atoms with Crippen LogP contribution in [0.5, 0.6) is 0 Å². The molecule has 0 bridgehead atoms. The van der Waals surface area contributed by atoms with E-state index in [1.165, 1.54) is 0 Å². The Balaban J connectivity index is 2.42. The van der Waals surface area contributed by atoms with Gasteiger partial charge < -0.3 is 15.5 Å². The van der Waals surface area contributed by atoms with Gasteiger partial charge in [0.05, 0.1) is 0 Å². The van der Waals surface area contributed by atoms with Gasteiger partial charge in [0.15, 0.2) is 0 Å². The molecule has 1 aliphatic heterocycles. The molecule has 88 valence electrons. The normalized spacial score (nSPS) is 18.3. The average molecular weight is 213 g/mol. The van der Waals surface area contributed by atoms with Crippen molar-refractivity contribution in [1.82, 2.24) is 9.80 Å². The molecule has 0 atom stereocenters. The smallest absolute Gasteiger partial charge is 0.319 e. The first-order chi connectivity index (χ1) is 7.06. The third-order valence-corrected chi connectivity index (χ3v) is 3.29. The maximum absolute atomic E-state index is 12.0. The van der Waals surface area contributed by atoms with E-state index in [4.69, 9.17) is 5.73 Å². The lowest BCUT2D eigenvalue weighted by Gasteiger charge is -2.35. The highest BCUT2D eigenvalue weighted by molar-refractivity contribution is 5.74. The Morgan fingerprint density at radius 1 is 1.47 bits per heavy atom. The maximum Gasteiger partial charge on any atom is 0.319 e. The van der Waals surface area contributed by atoms with Gasteiger partial charge in [0.25, 0.3) is 0 Å². The summed E-state index contributed by atoms with van der Waals surface area (Å²) in [4.78, 5) is 15.7. The molecule has 1 saturated heterocycles. The minimum atomic E-state index is 0.153. The molecule has 0 aromatic rings. The van der Waals surface area contributed by atoms with Gasteiger partial charge in [0.1, 0.15) is 0 Å². The summed E-state index contributed by atoms with van der Waals surface area (Å²) < 4.78 is 0. The first-order valence-corrected chi connectivity index (χ1v) is 5.78. The van der Waals surface area contributed by atoms with Crippen LogP contribution >= 0.6 is 0 Å². The van der Waals surface area contributed by atoms with Gasteiger partial charge >= 0.3 is 6.03 Å². The van der Waals surface area contributed by atoms with E-state index >= 15 is 0 Å². The van der Waals surface area contributed by atoms with Crippen molar-refractivity contribution in [1.29, 1.82) is 0 Å². The van der Waals surface area contributed by atoms with Crippen molar-refractivity contribution in [2.75, 3.05) is 26.7 Å². The van der Waals surface area contributed by atoms with Crippen LogP contribution in [0.1, 0.15) is 26.7 Å². The lowest BCUT2D eigenvalue weighted by atomic mass is 9.97. The summed E-state index contributed by atoms with van der Waals surface area (Å²) in [6.07, 6.45) is 2.10. The van der Waals surface area contributed by atoms with Gasteiger partial charge in [-0.15, -0.1) is 0 Å². The first kappa shape index (κ1) is 12.3. The zero-order valence-corrected chi connectivity index (χ0v) is 10.1. The van der Waals surface area contributed by atoms with Crippen molar-refractivity contribution in [2.45, 2.75) is 32.7 Å². The number of piperidine rings is 1. The minimum Gasteiger partial charge on any atom is -0.330 e. The molecule has 0 aliphatic carbocycles. The van der Waals surface area contributed by atoms with E-state index in [-0.39, 0.29) is 12.1 Å². The summed E-state index contributed by atoms with van der Waals surface area (Å²) >= 11 is 0. The van der Waals surface area contributed by atoms with Crippen LogP contribution in [0.3, 0.4) is 0 Å². The van der Waals surface area contributed by atoms with Crippen LogP contribution in [0.15, 0.2) is 0 Å². The van der Waals surface area contributed by atoms with Gasteiger partial charge in [-0.2, -0.15) is 0 Å². The Hall–Kier alpha value is -0.770. The summed E-state index contributed by atoms with van der Waals surface area (Å²) in [5.74, 6) is 0.610. The van der Waals surface area contributed by atoms with Crippen LogP contribution in [0, 0.1) is 5.92 Å². The number of urea groups is 1. The number of hydrogen-bond acceptors (Lipinski definition) is 2. The van der Waals surface area contributed by atoms with E-state index in [9.17, 15) is 4.79 Å². The van der Waals surface area contributed by atoms with E-state index in [1.54, 1.807) is 4.90 Å². The zero-order valence-electron chi connectivity index (χ0n) is 10.1. The molecule has 0 aromatic carbocycles. The Morgan fingerprint density at radius 3 is 2.40 bits per heavy atom. The molecule has 4 nitrogen and oxygen atoms in total. The third-order valence-electron chi connectivity index (χ3n) is 3.29. The zero-order chi connectivity index (χ0) is 11.4. The SMILES string of the molecule is CC(C)N(C)C(=O)N1CCC(CN)CC1. The summed E-state index contributed by atoms with van der Waals surface area (Å²) in [5.41, 5.74) is 5.62. The molecule has 4 heteroatoms. The molecule has 1 heterocycles. The van der Waals surface area contributed by atoms with Crippen molar-refractivity contribution >= 4 is 6.03 Å². The summed E-state index contributed by atoms with van der Waals surface area (Å²) in [6, 6.07) is 0.421. The van der Waals surface area contributed by atoms with Crippen molar-refractivity contribution in [2.24, 2.45) is 11.7 Å². The summed E-state index contributed by atoms with van der Waals surface area (Å²) in [5, 5.41) is 0. The number of rotatable bonds is 2. The molecule has 15 heavy (non-hydrogen) atoms. The second-order valence-corrected chi connectivity index (χ2v) is 4.65. The lowest BCUT2D eigenvalue weighted by molar-refractivity contribution is 0.133. The van der Waals surface area contributed by atoms with E-state index in [0.29, 0.717) is 5.92 Å². The van der Waals surface area contributed by atoms with Gasteiger partial charge in [-0.25, -0.2) is 4.79 Å². The number of carbonyl (C=O) groups is 1. The molecule has 0 saturated carbocycles. The largest absolute Gasteiger partial charge is 0.330 e. The molecular formula is C11H23N3O. The van der Waals surface area contributed by atoms with Crippen LogP contribution in [0.2, 0.25) is 0 Å². The van der Waals surface area contributed by atoms with Crippen molar-refractivity contribution in [3.63, 3.8) is 0 Å². The average Bonchev–Trinajstić information content (AvgIpc) is 2.27. The first-order valence-electron chi connectivity index (χ1n) is 5.78. The minimum absolute atomic E-state index is 0.153. The molecule has 0 aromatic heterocycles. The van der Waals surface area contributed by atoms with Gasteiger partial charge in [0.2, 0.25) is 0 Å². The van der Waals surface area contributed by atoms with Crippen LogP contribution in [-0.4, -0.2) is 48.6 Å². The van der Waals surface area contributed by atoms with Crippen LogP contribution in [0.4, 0.5) is 4.79 Å². The monoisotopic (exact) mass is 213 g/mol. The van der Waals surface area contributed by atoms with Gasteiger partial charge in [-0.05, 0) is 39.2 Å². The Bertz CT molecular complexity index is 210. The van der Waals surface area contributed by atoms with Crippen LogP contribution in [0.25, 0.3) is 0 Å². The van der Waals surface area contributed by atoms with E-state index in [1.807, 2.05) is 25.8 Å². The Kier molecular flexibility index (Phi) is 4.39. The highest BCUT2D eigenvalue weighted by atomic mass is 16.2. The molecule has 0 spiro atoms. The second kappa shape index (κ2) is 5.35. The highest BCUT2D eigenvalue weighted by Gasteiger charge is 2.24. The van der Waals surface area contributed by atoms with Crippen LogP contribution in [-0.2, 0) is 0 Å². The third kappa shape index (κ3) is 3.09. The van der Waals surface area contributed by atoms with Gasteiger partial charge in [-0.1, -0.05) is 0 Å². The summed E-state index contributed by atoms with van der Waals surface area (Å²) in [7, 11) is 1.86. The maximum atomic E-state index is 12.0. The second-order valence-electron chi connectivity index (χ2n) is 4.65. The molecule has 0 unspecified atom stereocenters. The van der Waals surface area contributed by atoms with Gasteiger partial charge in [0, 0.05) is 26.2 Å². The molecular weight excluding hydrogens is 190 g/mol. The quantitative estimate of drug-likeness (QED) is 0.747. The van der Waals surface area contributed by atoms with Gasteiger partial charge in [-0.3, -0.25) is 0 Å². The molecule has 2 amide bonds. The van der Waals surface area contributed by atoms with Crippen LogP contribution < -0.4 is 5.73 Å². The van der Waals surface area contributed by atoms with Crippen molar-refractivity contribution < 1.29 is 4.79 Å². The molecule has 1 aliphatic rings. The van der Waals surface area contributed by atoms with Crippen molar-refractivity contribution in [3.05, 3.63) is 0 Å². The molecule has 1 rings (SSSR count). The molecule has 0 radical (unpaired) electrons. The number of nitrogens with two attached hydrogens (primary N) is 1. The topological polar surface area (TPSA) is 49.6 Å². The number of likely N-dealkylation sites (tertiary alicyclic amines) is 1. The fourth-order valence-corrected chi connectivity index (χ4v) is 1.80. The number of hydrogen-bond donors (Lipinski definition) is 1. The van der Waals surface area contributed by atoms with Crippen molar-refractivity contribution in [3.8, 4) is 0 Å². The Morgan fingerprint density at radius 2 is 2.00 bits per heavy atom. The standard InChI is InChI=1S/C11H23N3O/c1-9(2)13(3)11(15)14-6-4-10(8-12)5-7-14/h9-10H,4-8,12H2,1-3H3. The number of nitrogens with zero attached hydrogens (tertiary/aromatic N) is 2. The van der Waals surface area contributed by atoms with E-state index < -0.39 is 0 Å². The number of amides is 2. The van der Waals surface area contributed by atoms with E-state index in [2.05, 4.69) is 0 Å². The number of carbonyl (C=O) groups excluding carboxylic acids is 1. The molecule has 1 fully saturated rings. The highest BCUT2D eigenvalue weighted by Crippen LogP contribution is 2.17. The predicted octanol–water partition coefficient (Wildman–Crippen LogP) is 1.12. The predicted molar refractivity (Wildman–Crippen MR) is 61.6 cm³/mol. The fourth-order valence-electron chi connectivity index (χ4n) is 1.80. The Labute approximate surface area is 92.4 Å². The molecule has 2 N–H and O–H groups in total. The van der Waals surface area contributed by atoms with E-state index in [0.717, 1.165) is 32.5 Å². The fraction of sp³-hybridized carbons (Fsp3) is 0.909. The lowest BCUT2D eigenvalue weighted by Crippen LogP contribution is -2.48.